The third kappa shape index (κ3) is 2.58. The van der Waals surface area contributed by atoms with Gasteiger partial charge in [-0.05, 0) is 49.1 Å². The topological polar surface area (TPSA) is 75.6 Å². The Morgan fingerprint density at radius 1 is 1.30 bits per heavy atom. The molecule has 0 bridgehead atoms. The standard InChI is InChI=1S/C14H17NO4S/c16-13(10-4-5-11(19-10)14(17)18)15-9-2-1-3-12-8(9)6-7-20-12/h6-7,9-11H,1-5H2,(H,15,16)(H,17,18). The van der Waals surface area contributed by atoms with Gasteiger partial charge in [-0.2, -0.15) is 0 Å². The van der Waals surface area contributed by atoms with E-state index in [9.17, 15) is 9.59 Å². The normalized spacial score (nSPS) is 28.9. The summed E-state index contributed by atoms with van der Waals surface area (Å²) >= 11 is 1.73. The molecule has 6 heteroatoms. The van der Waals surface area contributed by atoms with Gasteiger partial charge in [0, 0.05) is 4.88 Å². The molecule has 0 radical (unpaired) electrons. The van der Waals surface area contributed by atoms with Crippen molar-refractivity contribution in [3.8, 4) is 0 Å². The lowest BCUT2D eigenvalue weighted by atomic mass is 9.94. The van der Waals surface area contributed by atoms with Crippen molar-refractivity contribution in [1.29, 1.82) is 0 Å². The highest BCUT2D eigenvalue weighted by atomic mass is 32.1. The van der Waals surface area contributed by atoms with Crippen LogP contribution in [0, 0.1) is 0 Å². The number of amides is 1. The van der Waals surface area contributed by atoms with Crippen LogP contribution in [0.5, 0.6) is 0 Å². The van der Waals surface area contributed by atoms with E-state index < -0.39 is 18.2 Å². The first kappa shape index (κ1) is 13.6. The summed E-state index contributed by atoms with van der Waals surface area (Å²) < 4.78 is 5.29. The first-order valence-corrected chi connectivity index (χ1v) is 7.78. The summed E-state index contributed by atoms with van der Waals surface area (Å²) in [4.78, 5) is 24.4. The molecule has 1 amide bonds. The number of carboxylic acid groups (broad SMARTS) is 1. The first-order valence-electron chi connectivity index (χ1n) is 6.90. The number of fused-ring (bicyclic) bond motifs is 1. The first-order chi connectivity index (χ1) is 9.65. The number of ether oxygens (including phenoxy) is 1. The summed E-state index contributed by atoms with van der Waals surface area (Å²) in [5, 5.41) is 14.0. The van der Waals surface area contributed by atoms with Crippen LogP contribution in [0.3, 0.4) is 0 Å². The van der Waals surface area contributed by atoms with E-state index in [1.165, 1.54) is 10.4 Å². The highest BCUT2D eigenvalue weighted by molar-refractivity contribution is 7.10. The van der Waals surface area contributed by atoms with E-state index in [1.54, 1.807) is 11.3 Å². The number of hydrogen-bond donors (Lipinski definition) is 2. The zero-order valence-electron chi connectivity index (χ0n) is 11.0. The average molecular weight is 295 g/mol. The molecular formula is C14H17NO4S. The number of hydrogen-bond acceptors (Lipinski definition) is 4. The van der Waals surface area contributed by atoms with Crippen molar-refractivity contribution in [2.75, 3.05) is 0 Å². The highest BCUT2D eigenvalue weighted by Gasteiger charge is 2.36. The molecule has 1 aromatic heterocycles. The molecule has 3 unspecified atom stereocenters. The summed E-state index contributed by atoms with van der Waals surface area (Å²) in [5.41, 5.74) is 1.21. The van der Waals surface area contributed by atoms with Crippen molar-refractivity contribution in [2.24, 2.45) is 0 Å². The van der Waals surface area contributed by atoms with Gasteiger partial charge in [-0.15, -0.1) is 11.3 Å². The monoisotopic (exact) mass is 295 g/mol. The van der Waals surface area contributed by atoms with Gasteiger partial charge in [0.2, 0.25) is 5.91 Å². The van der Waals surface area contributed by atoms with Crippen molar-refractivity contribution >= 4 is 23.2 Å². The molecule has 2 heterocycles. The lowest BCUT2D eigenvalue weighted by Gasteiger charge is -2.25. The van der Waals surface area contributed by atoms with E-state index in [1.807, 2.05) is 0 Å². The minimum Gasteiger partial charge on any atom is -0.479 e. The molecule has 5 nitrogen and oxygen atoms in total. The van der Waals surface area contributed by atoms with Crippen LogP contribution in [-0.2, 0) is 20.7 Å². The second-order valence-electron chi connectivity index (χ2n) is 5.28. The fourth-order valence-corrected chi connectivity index (χ4v) is 3.90. The molecule has 1 saturated heterocycles. The Morgan fingerprint density at radius 3 is 2.85 bits per heavy atom. The Balaban J connectivity index is 1.62. The second-order valence-corrected chi connectivity index (χ2v) is 6.28. The largest absolute Gasteiger partial charge is 0.479 e. The molecule has 20 heavy (non-hydrogen) atoms. The van der Waals surface area contributed by atoms with E-state index in [0.717, 1.165) is 19.3 Å². The number of carbonyl (C=O) groups is 2. The molecule has 0 aromatic carbocycles. The Labute approximate surface area is 120 Å². The number of carbonyl (C=O) groups excluding carboxylic acids is 1. The van der Waals surface area contributed by atoms with E-state index in [2.05, 4.69) is 16.8 Å². The zero-order chi connectivity index (χ0) is 14.1. The SMILES string of the molecule is O=C(O)C1CCC(C(=O)NC2CCCc3sccc32)O1. The van der Waals surface area contributed by atoms with Crippen molar-refractivity contribution < 1.29 is 19.4 Å². The molecule has 1 fully saturated rings. The molecule has 108 valence electrons. The lowest BCUT2D eigenvalue weighted by molar-refractivity contribution is -0.151. The molecule has 1 aliphatic heterocycles. The molecule has 3 rings (SSSR count). The second kappa shape index (κ2) is 5.54. The van der Waals surface area contributed by atoms with Crippen LogP contribution in [0.25, 0.3) is 0 Å². The number of rotatable bonds is 3. The van der Waals surface area contributed by atoms with E-state index >= 15 is 0 Å². The molecule has 0 spiro atoms. The minimum atomic E-state index is -0.988. The average Bonchev–Trinajstić information content (AvgIpc) is 3.08. The van der Waals surface area contributed by atoms with Crippen LogP contribution in [0.1, 0.15) is 42.2 Å². The lowest BCUT2D eigenvalue weighted by Crippen LogP contribution is -2.38. The molecule has 1 aliphatic carbocycles. The smallest absolute Gasteiger partial charge is 0.332 e. The van der Waals surface area contributed by atoms with Gasteiger partial charge in [-0.1, -0.05) is 0 Å². The van der Waals surface area contributed by atoms with E-state index in [-0.39, 0.29) is 11.9 Å². The third-order valence-corrected chi connectivity index (χ3v) is 4.95. The van der Waals surface area contributed by atoms with Crippen molar-refractivity contribution in [1.82, 2.24) is 5.32 Å². The van der Waals surface area contributed by atoms with Gasteiger partial charge in [0.05, 0.1) is 6.04 Å². The molecule has 0 saturated carbocycles. The number of carboxylic acids is 1. The maximum Gasteiger partial charge on any atom is 0.332 e. The van der Waals surface area contributed by atoms with Gasteiger partial charge in [-0.25, -0.2) is 4.79 Å². The van der Waals surface area contributed by atoms with E-state index in [4.69, 9.17) is 9.84 Å². The van der Waals surface area contributed by atoms with Gasteiger partial charge < -0.3 is 15.2 Å². The fourth-order valence-electron chi connectivity index (χ4n) is 2.91. The Bertz CT molecular complexity index is 527. The van der Waals surface area contributed by atoms with Crippen molar-refractivity contribution in [3.63, 3.8) is 0 Å². The van der Waals surface area contributed by atoms with Gasteiger partial charge >= 0.3 is 5.97 Å². The highest BCUT2D eigenvalue weighted by Crippen LogP contribution is 2.33. The van der Waals surface area contributed by atoms with Crippen LogP contribution in [-0.4, -0.2) is 29.2 Å². The minimum absolute atomic E-state index is 0.0463. The zero-order valence-corrected chi connectivity index (χ0v) is 11.8. The van der Waals surface area contributed by atoms with Crippen LogP contribution >= 0.6 is 11.3 Å². The van der Waals surface area contributed by atoms with Crippen molar-refractivity contribution in [3.05, 3.63) is 21.9 Å². The third-order valence-electron chi connectivity index (χ3n) is 3.96. The van der Waals surface area contributed by atoms with Crippen LogP contribution < -0.4 is 5.32 Å². The maximum atomic E-state index is 12.2. The predicted molar refractivity (Wildman–Crippen MR) is 73.7 cm³/mol. The quantitative estimate of drug-likeness (QED) is 0.892. The Morgan fingerprint density at radius 2 is 2.10 bits per heavy atom. The number of aryl methyl sites for hydroxylation is 1. The molecule has 3 atom stereocenters. The van der Waals surface area contributed by atoms with Gasteiger partial charge in [0.25, 0.3) is 0 Å². The Kier molecular flexibility index (Phi) is 3.76. The van der Waals surface area contributed by atoms with Gasteiger partial charge in [0.15, 0.2) is 6.10 Å². The van der Waals surface area contributed by atoms with Crippen molar-refractivity contribution in [2.45, 2.75) is 50.4 Å². The predicted octanol–water partition coefficient (Wildman–Crippen LogP) is 1.87. The van der Waals surface area contributed by atoms with Crippen LogP contribution in [0.4, 0.5) is 0 Å². The van der Waals surface area contributed by atoms with Gasteiger partial charge in [0.1, 0.15) is 6.10 Å². The molecular weight excluding hydrogens is 278 g/mol. The number of thiophene rings is 1. The van der Waals surface area contributed by atoms with Crippen LogP contribution in [0.15, 0.2) is 11.4 Å². The number of aliphatic carboxylic acids is 1. The summed E-state index contributed by atoms with van der Waals surface area (Å²) in [6.45, 7) is 0. The summed E-state index contributed by atoms with van der Waals surface area (Å²) in [5.74, 6) is -1.17. The molecule has 2 aliphatic rings. The number of nitrogens with one attached hydrogen (secondary N) is 1. The Hall–Kier alpha value is -1.40. The summed E-state index contributed by atoms with van der Waals surface area (Å²) in [6, 6.07) is 2.12. The maximum absolute atomic E-state index is 12.2. The fraction of sp³-hybridized carbons (Fsp3) is 0.571. The molecule has 1 aromatic rings. The van der Waals surface area contributed by atoms with Gasteiger partial charge in [-0.3, -0.25) is 4.79 Å². The summed E-state index contributed by atoms with van der Waals surface area (Å²) in [7, 11) is 0. The summed E-state index contributed by atoms with van der Waals surface area (Å²) in [6.07, 6.45) is 2.51. The van der Waals surface area contributed by atoms with E-state index in [0.29, 0.717) is 12.8 Å². The molecule has 2 N–H and O–H groups in total. The van der Waals surface area contributed by atoms with Crippen LogP contribution in [0.2, 0.25) is 0 Å².